The topological polar surface area (TPSA) is 17.1 Å². The summed E-state index contributed by atoms with van der Waals surface area (Å²) in [6.45, 7) is 6.20. The molecule has 0 saturated carbocycles. The highest BCUT2D eigenvalue weighted by molar-refractivity contribution is 9.10. The number of hydrogen-bond acceptors (Lipinski definition) is 1. The van der Waals surface area contributed by atoms with Crippen LogP contribution in [0.3, 0.4) is 0 Å². The van der Waals surface area contributed by atoms with Crippen LogP contribution in [0.1, 0.15) is 78.6 Å². The minimum atomic E-state index is 0.0857. The van der Waals surface area contributed by atoms with Gasteiger partial charge in [0.2, 0.25) is 0 Å². The Morgan fingerprint density at radius 2 is 1.41 bits per heavy atom. The normalized spacial score (nSPS) is 13.0. The minimum absolute atomic E-state index is 0.0857. The molecule has 0 bridgehead atoms. The molecule has 0 radical (unpaired) electrons. The predicted octanol–water partition coefficient (Wildman–Crippen LogP) is 5.51. The maximum atomic E-state index is 11.6. The van der Waals surface area contributed by atoms with Crippen molar-refractivity contribution in [2.24, 2.45) is 5.92 Å². The maximum absolute atomic E-state index is 11.6. The van der Waals surface area contributed by atoms with E-state index in [-0.39, 0.29) is 10.7 Å². The fraction of sp³-hybridized carbons (Fsp3) is 0.933. The van der Waals surface area contributed by atoms with E-state index in [0.717, 1.165) is 6.42 Å². The van der Waals surface area contributed by atoms with Crippen LogP contribution < -0.4 is 0 Å². The molecule has 17 heavy (non-hydrogen) atoms. The second-order valence-electron chi connectivity index (χ2n) is 5.29. The van der Waals surface area contributed by atoms with Gasteiger partial charge in [0.1, 0.15) is 5.78 Å². The van der Waals surface area contributed by atoms with E-state index >= 15 is 0 Å². The highest BCUT2D eigenvalue weighted by Crippen LogP contribution is 2.17. The average Bonchev–Trinajstić information content (AvgIpc) is 2.31. The van der Waals surface area contributed by atoms with Crippen molar-refractivity contribution in [1.29, 1.82) is 0 Å². The zero-order valence-corrected chi connectivity index (χ0v) is 13.4. The lowest BCUT2D eigenvalue weighted by molar-refractivity contribution is -0.121. The number of rotatable bonds is 11. The Bertz CT molecular complexity index is 189. The standard InChI is InChI=1S/C15H29BrO/c1-4-5-6-7-8-9-10-11-12-14(16)15(17)13(2)3/h13-14H,4-12H2,1-3H3. The molecule has 0 spiro atoms. The van der Waals surface area contributed by atoms with Crippen molar-refractivity contribution in [2.75, 3.05) is 0 Å². The van der Waals surface area contributed by atoms with Crippen molar-refractivity contribution >= 4 is 21.7 Å². The monoisotopic (exact) mass is 304 g/mol. The number of unbranched alkanes of at least 4 members (excludes halogenated alkanes) is 7. The molecule has 0 rings (SSSR count). The van der Waals surface area contributed by atoms with E-state index in [1.165, 1.54) is 51.4 Å². The van der Waals surface area contributed by atoms with Gasteiger partial charge in [0.15, 0.2) is 0 Å². The molecule has 1 nitrogen and oxygen atoms in total. The third-order valence-corrected chi connectivity index (χ3v) is 4.10. The first kappa shape index (κ1) is 17.2. The summed E-state index contributed by atoms with van der Waals surface area (Å²) in [6, 6.07) is 0. The van der Waals surface area contributed by atoms with E-state index in [9.17, 15) is 4.79 Å². The van der Waals surface area contributed by atoms with Crippen LogP contribution in [0.5, 0.6) is 0 Å². The summed E-state index contributed by atoms with van der Waals surface area (Å²) in [5.74, 6) is 0.515. The second kappa shape index (κ2) is 11.3. The Kier molecular flexibility index (Phi) is 11.4. The van der Waals surface area contributed by atoms with Crippen molar-refractivity contribution < 1.29 is 4.79 Å². The van der Waals surface area contributed by atoms with E-state index < -0.39 is 0 Å². The van der Waals surface area contributed by atoms with E-state index in [4.69, 9.17) is 0 Å². The molecule has 0 aromatic carbocycles. The number of Topliss-reactive ketones (excluding diaryl/α,β-unsaturated/α-hetero) is 1. The van der Waals surface area contributed by atoms with Gasteiger partial charge in [-0.2, -0.15) is 0 Å². The molecule has 0 saturated heterocycles. The zero-order valence-electron chi connectivity index (χ0n) is 11.8. The van der Waals surface area contributed by atoms with E-state index in [0.29, 0.717) is 5.78 Å². The Balaban J connectivity index is 3.30. The third kappa shape index (κ3) is 9.82. The highest BCUT2D eigenvalue weighted by Gasteiger charge is 2.17. The lowest BCUT2D eigenvalue weighted by atomic mass is 10.0. The summed E-state index contributed by atoms with van der Waals surface area (Å²) >= 11 is 3.50. The quantitative estimate of drug-likeness (QED) is 0.363. The first-order valence-corrected chi connectivity index (χ1v) is 8.19. The van der Waals surface area contributed by atoms with Gasteiger partial charge in [-0.15, -0.1) is 0 Å². The van der Waals surface area contributed by atoms with Crippen molar-refractivity contribution in [3.05, 3.63) is 0 Å². The summed E-state index contributed by atoms with van der Waals surface area (Å²) < 4.78 is 0. The molecule has 0 aliphatic rings. The third-order valence-electron chi connectivity index (χ3n) is 3.19. The predicted molar refractivity (Wildman–Crippen MR) is 79.8 cm³/mol. The van der Waals surface area contributed by atoms with Gasteiger partial charge in [-0.05, 0) is 6.42 Å². The lowest BCUT2D eigenvalue weighted by Gasteiger charge is -2.10. The average molecular weight is 305 g/mol. The van der Waals surface area contributed by atoms with Crippen molar-refractivity contribution in [1.82, 2.24) is 0 Å². The van der Waals surface area contributed by atoms with Crippen LogP contribution in [-0.2, 0) is 4.79 Å². The molecule has 0 aliphatic heterocycles. The van der Waals surface area contributed by atoms with Crippen molar-refractivity contribution in [2.45, 2.75) is 83.4 Å². The van der Waals surface area contributed by atoms with Gasteiger partial charge in [0, 0.05) is 5.92 Å². The molecule has 0 amide bonds. The Morgan fingerprint density at radius 3 is 1.88 bits per heavy atom. The summed E-state index contributed by atoms with van der Waals surface area (Å²) in [7, 11) is 0. The lowest BCUT2D eigenvalue weighted by Crippen LogP contribution is -2.19. The molecule has 1 unspecified atom stereocenters. The van der Waals surface area contributed by atoms with Gasteiger partial charge in [0.05, 0.1) is 4.83 Å². The van der Waals surface area contributed by atoms with Crippen LogP contribution >= 0.6 is 15.9 Å². The number of halogens is 1. The van der Waals surface area contributed by atoms with E-state index in [1.807, 2.05) is 13.8 Å². The van der Waals surface area contributed by atoms with Gasteiger partial charge in [-0.3, -0.25) is 4.79 Å². The first-order chi connectivity index (χ1) is 8.09. The Morgan fingerprint density at radius 1 is 0.941 bits per heavy atom. The van der Waals surface area contributed by atoms with Crippen molar-refractivity contribution in [3.63, 3.8) is 0 Å². The van der Waals surface area contributed by atoms with Crippen LogP contribution in [-0.4, -0.2) is 10.6 Å². The number of carbonyl (C=O) groups excluding carboxylic acids is 1. The molecule has 0 aromatic rings. The summed E-state index contributed by atoms with van der Waals surface area (Å²) in [4.78, 5) is 11.7. The minimum Gasteiger partial charge on any atom is -0.298 e. The van der Waals surface area contributed by atoms with E-state index in [1.54, 1.807) is 0 Å². The van der Waals surface area contributed by atoms with Crippen LogP contribution in [0.15, 0.2) is 0 Å². The Labute approximate surface area is 116 Å². The summed E-state index contributed by atoms with van der Waals surface area (Å²) in [6.07, 6.45) is 11.6. The first-order valence-electron chi connectivity index (χ1n) is 7.27. The maximum Gasteiger partial charge on any atom is 0.148 e. The molecule has 102 valence electrons. The molecule has 0 aliphatic carbocycles. The summed E-state index contributed by atoms with van der Waals surface area (Å²) in [5, 5.41) is 0. The van der Waals surface area contributed by atoms with Gasteiger partial charge < -0.3 is 0 Å². The van der Waals surface area contributed by atoms with Gasteiger partial charge in [0.25, 0.3) is 0 Å². The molecule has 2 heteroatoms. The van der Waals surface area contributed by atoms with Crippen LogP contribution in [0.25, 0.3) is 0 Å². The zero-order chi connectivity index (χ0) is 13.1. The molecular formula is C15H29BrO. The van der Waals surface area contributed by atoms with Crippen LogP contribution in [0.2, 0.25) is 0 Å². The second-order valence-corrected chi connectivity index (χ2v) is 6.39. The fourth-order valence-electron chi connectivity index (χ4n) is 1.96. The molecular weight excluding hydrogens is 276 g/mol. The van der Waals surface area contributed by atoms with Crippen LogP contribution in [0.4, 0.5) is 0 Å². The molecule has 0 N–H and O–H groups in total. The van der Waals surface area contributed by atoms with Gasteiger partial charge in [-0.25, -0.2) is 0 Å². The number of ketones is 1. The van der Waals surface area contributed by atoms with Crippen molar-refractivity contribution in [3.8, 4) is 0 Å². The summed E-state index contributed by atoms with van der Waals surface area (Å²) in [5.41, 5.74) is 0. The Hall–Kier alpha value is 0.150. The molecule has 1 atom stereocenters. The molecule has 0 heterocycles. The van der Waals surface area contributed by atoms with Gasteiger partial charge >= 0.3 is 0 Å². The van der Waals surface area contributed by atoms with Crippen LogP contribution in [0, 0.1) is 5.92 Å². The number of carbonyl (C=O) groups is 1. The number of hydrogen-bond donors (Lipinski definition) is 0. The van der Waals surface area contributed by atoms with Gasteiger partial charge in [-0.1, -0.05) is 88.1 Å². The van der Waals surface area contributed by atoms with E-state index in [2.05, 4.69) is 22.9 Å². The molecule has 0 aromatic heterocycles. The smallest absolute Gasteiger partial charge is 0.148 e. The fourth-order valence-corrected chi connectivity index (χ4v) is 2.81. The highest BCUT2D eigenvalue weighted by atomic mass is 79.9. The number of alkyl halides is 1. The largest absolute Gasteiger partial charge is 0.298 e. The SMILES string of the molecule is CCCCCCCCCCC(Br)C(=O)C(C)C. The molecule has 0 fully saturated rings.